The van der Waals surface area contributed by atoms with Gasteiger partial charge in [-0.2, -0.15) is 13.2 Å². The lowest BCUT2D eigenvalue weighted by atomic mass is 9.94. The summed E-state index contributed by atoms with van der Waals surface area (Å²) in [5, 5.41) is 7.74. The number of halogens is 3. The van der Waals surface area contributed by atoms with Crippen molar-refractivity contribution in [3.05, 3.63) is 60.6 Å². The average Bonchev–Trinajstić information content (AvgIpc) is 3.41. The fourth-order valence-corrected chi connectivity index (χ4v) is 6.65. The smallest absolute Gasteiger partial charge is 0.385 e. The number of benzene rings is 1. The lowest BCUT2D eigenvalue weighted by Crippen LogP contribution is -2.43. The number of rotatable bonds is 13. The first kappa shape index (κ1) is 31.9. The van der Waals surface area contributed by atoms with Gasteiger partial charge in [0.05, 0.1) is 11.2 Å². The Balaban J connectivity index is 1.28. The Labute approximate surface area is 258 Å². The van der Waals surface area contributed by atoms with Gasteiger partial charge >= 0.3 is 6.18 Å². The van der Waals surface area contributed by atoms with E-state index in [1.807, 2.05) is 6.07 Å². The van der Waals surface area contributed by atoms with Gasteiger partial charge in [-0.1, -0.05) is 32.9 Å². The second-order valence-corrected chi connectivity index (χ2v) is 12.7. The maximum Gasteiger partial charge on any atom is 0.406 e. The highest BCUT2D eigenvalue weighted by Crippen LogP contribution is 2.47. The molecule has 2 aliphatic rings. The fourth-order valence-electron chi connectivity index (χ4n) is 6.65. The summed E-state index contributed by atoms with van der Waals surface area (Å²) >= 11 is 0. The molecule has 238 valence electrons. The van der Waals surface area contributed by atoms with Crippen molar-refractivity contribution in [1.82, 2.24) is 19.4 Å². The van der Waals surface area contributed by atoms with E-state index >= 15 is 0 Å². The van der Waals surface area contributed by atoms with Gasteiger partial charge in [0.1, 0.15) is 6.54 Å². The second kappa shape index (κ2) is 13.2. The van der Waals surface area contributed by atoms with Gasteiger partial charge in [0.15, 0.2) is 5.84 Å². The van der Waals surface area contributed by atoms with E-state index < -0.39 is 12.7 Å². The van der Waals surface area contributed by atoms with E-state index in [1.165, 1.54) is 30.3 Å². The summed E-state index contributed by atoms with van der Waals surface area (Å²) in [6.45, 7) is 14.1. The van der Waals surface area contributed by atoms with Crippen molar-refractivity contribution in [3.8, 4) is 0 Å². The van der Waals surface area contributed by atoms with Crippen LogP contribution in [-0.2, 0) is 12.1 Å². The van der Waals surface area contributed by atoms with Crippen molar-refractivity contribution in [2.75, 3.05) is 38.5 Å². The summed E-state index contributed by atoms with van der Waals surface area (Å²) < 4.78 is 45.0. The van der Waals surface area contributed by atoms with E-state index in [0.29, 0.717) is 36.6 Å². The summed E-state index contributed by atoms with van der Waals surface area (Å²) in [6, 6.07) is 9.58. The molecule has 3 aromatic rings. The highest BCUT2D eigenvalue weighted by molar-refractivity contribution is 6.06. The molecule has 1 aromatic carbocycles. The first-order chi connectivity index (χ1) is 21.0. The van der Waals surface area contributed by atoms with Crippen LogP contribution in [0.25, 0.3) is 16.6 Å². The molecule has 1 saturated carbocycles. The van der Waals surface area contributed by atoms with E-state index in [2.05, 4.69) is 82.7 Å². The van der Waals surface area contributed by atoms with Gasteiger partial charge in [0.25, 0.3) is 0 Å². The summed E-state index contributed by atoms with van der Waals surface area (Å²) in [6.07, 6.45) is 6.36. The SMILES string of the molecule is C=NC(=NCCCNC(=C)c1ccn(C2(CCC)CC2)c1)c1cc2c(NC3CCN(C)CC3C)cccc2n1CC(F)(F)F. The number of alkyl halides is 3. The summed E-state index contributed by atoms with van der Waals surface area (Å²) in [7, 11) is 2.11. The molecule has 1 aliphatic heterocycles. The number of amidine groups is 1. The normalized spacial score (nSPS) is 20.5. The Morgan fingerprint density at radius 1 is 1.20 bits per heavy atom. The number of fused-ring (bicyclic) bond motifs is 1. The predicted octanol–water partition coefficient (Wildman–Crippen LogP) is 7.14. The third-order valence-corrected chi connectivity index (χ3v) is 9.18. The lowest BCUT2D eigenvalue weighted by Gasteiger charge is -2.36. The molecule has 1 aliphatic carbocycles. The van der Waals surface area contributed by atoms with Crippen LogP contribution in [0.5, 0.6) is 0 Å². The van der Waals surface area contributed by atoms with Crippen molar-refractivity contribution >= 4 is 34.8 Å². The van der Waals surface area contributed by atoms with E-state index in [1.54, 1.807) is 18.2 Å². The Hall–Kier alpha value is -3.53. The molecule has 44 heavy (non-hydrogen) atoms. The lowest BCUT2D eigenvalue weighted by molar-refractivity contribution is -0.139. The quantitative estimate of drug-likeness (QED) is 0.123. The fraction of sp³-hybridized carbons (Fsp3) is 0.529. The molecule has 2 aromatic heterocycles. The van der Waals surface area contributed by atoms with Gasteiger partial charge in [-0.05, 0) is 82.6 Å². The highest BCUT2D eigenvalue weighted by Gasteiger charge is 2.43. The van der Waals surface area contributed by atoms with Crippen LogP contribution in [0.2, 0.25) is 0 Å². The molecule has 2 atom stereocenters. The number of aromatic nitrogens is 2. The molecule has 0 bridgehead atoms. The molecular weight excluding hydrogens is 563 g/mol. The minimum Gasteiger partial charge on any atom is -0.385 e. The van der Waals surface area contributed by atoms with Crippen LogP contribution in [0.1, 0.15) is 63.6 Å². The van der Waals surface area contributed by atoms with E-state index in [0.717, 1.165) is 41.8 Å². The zero-order valence-electron chi connectivity index (χ0n) is 26.3. The first-order valence-electron chi connectivity index (χ1n) is 15.8. The van der Waals surface area contributed by atoms with Crippen molar-refractivity contribution < 1.29 is 13.2 Å². The standard InChI is InChI=1S/C34H46F3N7/c1-6-13-33(14-15-33)43-19-11-26(22-43)25(3)39-16-8-17-40-32(38-4)31-20-27-29(41-28-12-18-42(5)21-24(28)2)9-7-10-30(27)44(31)23-34(35,36)37/h7,9-11,19-20,22,24,28,39,41H,3-4,6,8,12-18,21,23H2,1-2,5H3. The third kappa shape index (κ3) is 7.22. The predicted molar refractivity (Wildman–Crippen MR) is 176 cm³/mol. The molecular formula is C34H46F3N7. The molecule has 2 fully saturated rings. The van der Waals surface area contributed by atoms with Crippen LogP contribution in [0.15, 0.2) is 59.3 Å². The van der Waals surface area contributed by atoms with Crippen molar-refractivity contribution in [3.63, 3.8) is 0 Å². The molecule has 0 spiro atoms. The highest BCUT2D eigenvalue weighted by atomic mass is 19.4. The van der Waals surface area contributed by atoms with Gasteiger partial charge in [-0.3, -0.25) is 4.99 Å². The number of nitrogens with zero attached hydrogens (tertiary/aromatic N) is 5. The Morgan fingerprint density at radius 2 is 2.00 bits per heavy atom. The van der Waals surface area contributed by atoms with Crippen LogP contribution in [-0.4, -0.2) is 72.0 Å². The maximum atomic E-state index is 13.8. The minimum absolute atomic E-state index is 0.214. The van der Waals surface area contributed by atoms with Crippen LogP contribution >= 0.6 is 0 Å². The molecule has 3 heterocycles. The number of likely N-dealkylation sites (tertiary alicyclic amines) is 1. The van der Waals surface area contributed by atoms with Crippen LogP contribution in [0, 0.1) is 5.92 Å². The molecule has 5 rings (SSSR count). The maximum absolute atomic E-state index is 13.8. The molecule has 0 amide bonds. The summed E-state index contributed by atoms with van der Waals surface area (Å²) in [4.78, 5) is 11.0. The van der Waals surface area contributed by atoms with Crippen LogP contribution in [0.4, 0.5) is 18.9 Å². The van der Waals surface area contributed by atoms with E-state index in [4.69, 9.17) is 0 Å². The van der Waals surface area contributed by atoms with Gasteiger partial charge < -0.3 is 24.7 Å². The number of anilines is 1. The molecule has 10 heteroatoms. The number of aliphatic imine (C=N–C) groups is 2. The number of hydrogen-bond donors (Lipinski definition) is 2. The zero-order chi connectivity index (χ0) is 31.5. The van der Waals surface area contributed by atoms with Crippen molar-refractivity contribution in [2.24, 2.45) is 15.9 Å². The molecule has 2 N–H and O–H groups in total. The van der Waals surface area contributed by atoms with Gasteiger partial charge in [-0.15, -0.1) is 0 Å². The molecule has 2 unspecified atom stereocenters. The molecule has 7 nitrogen and oxygen atoms in total. The Kier molecular flexibility index (Phi) is 9.58. The number of piperidine rings is 1. The second-order valence-electron chi connectivity index (χ2n) is 12.7. The summed E-state index contributed by atoms with van der Waals surface area (Å²) in [5.74, 6) is 0.624. The van der Waals surface area contributed by atoms with Crippen molar-refractivity contribution in [1.29, 1.82) is 0 Å². The molecule has 0 radical (unpaired) electrons. The zero-order valence-corrected chi connectivity index (χ0v) is 26.3. The van der Waals surface area contributed by atoms with Crippen LogP contribution < -0.4 is 10.6 Å². The largest absolute Gasteiger partial charge is 0.406 e. The van der Waals surface area contributed by atoms with Gasteiger partial charge in [-0.25, -0.2) is 4.99 Å². The number of nitrogens with one attached hydrogen (secondary N) is 2. The Morgan fingerprint density at radius 3 is 2.68 bits per heavy atom. The Bertz CT molecular complexity index is 1490. The number of hydrogen-bond acceptors (Lipinski definition) is 4. The van der Waals surface area contributed by atoms with Gasteiger partial charge in [0, 0.05) is 65.9 Å². The monoisotopic (exact) mass is 609 g/mol. The molecule has 1 saturated heterocycles. The topological polar surface area (TPSA) is 61.9 Å². The van der Waals surface area contributed by atoms with Crippen LogP contribution in [0.3, 0.4) is 0 Å². The average molecular weight is 610 g/mol. The first-order valence-corrected chi connectivity index (χ1v) is 15.8. The van der Waals surface area contributed by atoms with E-state index in [9.17, 15) is 13.2 Å². The van der Waals surface area contributed by atoms with Gasteiger partial charge in [0.2, 0.25) is 0 Å². The summed E-state index contributed by atoms with van der Waals surface area (Å²) in [5.41, 5.74) is 3.85. The minimum atomic E-state index is -4.40. The van der Waals surface area contributed by atoms with Crippen molar-refractivity contribution in [2.45, 2.75) is 76.7 Å². The third-order valence-electron chi connectivity index (χ3n) is 9.18. The van der Waals surface area contributed by atoms with E-state index in [-0.39, 0.29) is 17.4 Å².